The van der Waals surface area contributed by atoms with Crippen molar-refractivity contribution in [3.63, 3.8) is 0 Å². The third-order valence-corrected chi connectivity index (χ3v) is 7.58. The molecule has 0 radical (unpaired) electrons. The minimum atomic E-state index is -0.299. The SMILES string of the molecule is CCOC(=O)C1CCc2sc(NC(=O)C3CCN(Cc4nc5ccc(C)cc5[nH]4)CC3)nc21. The second-order valence-electron chi connectivity index (χ2n) is 8.91. The van der Waals surface area contributed by atoms with Crippen LogP contribution >= 0.6 is 11.3 Å². The zero-order valence-corrected chi connectivity index (χ0v) is 19.8. The molecule has 1 aliphatic heterocycles. The molecular formula is C24H29N5O3S. The topological polar surface area (TPSA) is 100 Å². The molecule has 0 saturated carbocycles. The average molecular weight is 468 g/mol. The normalized spacial score (nSPS) is 19.0. The predicted octanol–water partition coefficient (Wildman–Crippen LogP) is 3.77. The minimum Gasteiger partial charge on any atom is -0.465 e. The van der Waals surface area contributed by atoms with Crippen LogP contribution in [-0.2, 0) is 27.3 Å². The number of nitrogens with zero attached hydrogens (tertiary/aromatic N) is 3. The van der Waals surface area contributed by atoms with Crippen molar-refractivity contribution in [2.24, 2.45) is 5.92 Å². The number of aromatic nitrogens is 3. The van der Waals surface area contributed by atoms with Crippen LogP contribution in [0.1, 0.15) is 54.1 Å². The number of hydrogen-bond donors (Lipinski definition) is 2. The maximum Gasteiger partial charge on any atom is 0.315 e. The van der Waals surface area contributed by atoms with Crippen LogP contribution in [0.5, 0.6) is 0 Å². The van der Waals surface area contributed by atoms with Gasteiger partial charge in [0.1, 0.15) is 11.7 Å². The van der Waals surface area contributed by atoms with E-state index in [0.717, 1.165) is 72.7 Å². The van der Waals surface area contributed by atoms with E-state index in [0.29, 0.717) is 11.7 Å². The maximum atomic E-state index is 12.9. The van der Waals surface area contributed by atoms with Crippen molar-refractivity contribution in [3.8, 4) is 0 Å². The van der Waals surface area contributed by atoms with Crippen molar-refractivity contribution >= 4 is 39.4 Å². The maximum absolute atomic E-state index is 12.9. The first-order chi connectivity index (χ1) is 16.0. The van der Waals surface area contributed by atoms with E-state index in [1.807, 2.05) is 13.0 Å². The first-order valence-corrected chi connectivity index (χ1v) is 12.5. The van der Waals surface area contributed by atoms with Gasteiger partial charge in [-0.1, -0.05) is 6.07 Å². The highest BCUT2D eigenvalue weighted by Crippen LogP contribution is 2.39. The number of amides is 1. The lowest BCUT2D eigenvalue weighted by molar-refractivity contribution is -0.145. The second kappa shape index (κ2) is 9.23. The molecule has 1 aliphatic carbocycles. The summed E-state index contributed by atoms with van der Waals surface area (Å²) in [5.74, 6) is 0.443. The van der Waals surface area contributed by atoms with Gasteiger partial charge in [-0.05, 0) is 70.3 Å². The number of carbonyl (C=O) groups excluding carboxylic acids is 2. The molecule has 1 unspecified atom stereocenters. The van der Waals surface area contributed by atoms with Gasteiger partial charge in [-0.25, -0.2) is 9.97 Å². The molecule has 1 aromatic carbocycles. The zero-order chi connectivity index (χ0) is 22.9. The summed E-state index contributed by atoms with van der Waals surface area (Å²) in [6.07, 6.45) is 3.17. The Bertz CT molecular complexity index is 1180. The molecule has 0 spiro atoms. The molecule has 174 valence electrons. The highest BCUT2D eigenvalue weighted by molar-refractivity contribution is 7.16. The number of piperidine rings is 1. The minimum absolute atomic E-state index is 0.0222. The molecule has 33 heavy (non-hydrogen) atoms. The Morgan fingerprint density at radius 2 is 2.06 bits per heavy atom. The van der Waals surface area contributed by atoms with Crippen molar-refractivity contribution in [2.75, 3.05) is 25.0 Å². The summed E-state index contributed by atoms with van der Waals surface area (Å²) in [7, 11) is 0. The Kier molecular flexibility index (Phi) is 6.16. The molecule has 5 rings (SSSR count). The van der Waals surface area contributed by atoms with Crippen LogP contribution in [0.4, 0.5) is 5.13 Å². The Morgan fingerprint density at radius 1 is 1.24 bits per heavy atom. The fourth-order valence-electron chi connectivity index (χ4n) is 4.78. The quantitative estimate of drug-likeness (QED) is 0.535. The van der Waals surface area contributed by atoms with Crippen LogP contribution in [0.3, 0.4) is 0 Å². The molecular weight excluding hydrogens is 438 g/mol. The van der Waals surface area contributed by atoms with E-state index in [1.54, 1.807) is 0 Å². The van der Waals surface area contributed by atoms with Crippen molar-refractivity contribution in [1.82, 2.24) is 19.9 Å². The number of rotatable bonds is 6. The summed E-state index contributed by atoms with van der Waals surface area (Å²) in [5, 5.41) is 3.60. The number of benzene rings is 1. The lowest BCUT2D eigenvalue weighted by Crippen LogP contribution is -2.38. The summed E-state index contributed by atoms with van der Waals surface area (Å²) in [6, 6.07) is 6.24. The van der Waals surface area contributed by atoms with Gasteiger partial charge >= 0.3 is 5.97 Å². The first kappa shape index (κ1) is 22.0. The predicted molar refractivity (Wildman–Crippen MR) is 127 cm³/mol. The molecule has 2 aromatic heterocycles. The zero-order valence-electron chi connectivity index (χ0n) is 19.0. The number of esters is 1. The van der Waals surface area contributed by atoms with E-state index in [4.69, 9.17) is 9.72 Å². The highest BCUT2D eigenvalue weighted by Gasteiger charge is 2.34. The van der Waals surface area contributed by atoms with Gasteiger partial charge in [-0.3, -0.25) is 14.5 Å². The smallest absolute Gasteiger partial charge is 0.315 e. The van der Waals surface area contributed by atoms with Crippen LogP contribution in [0, 0.1) is 12.8 Å². The molecule has 1 saturated heterocycles. The summed E-state index contributed by atoms with van der Waals surface area (Å²) in [6.45, 7) is 6.72. The number of fused-ring (bicyclic) bond motifs is 2. The van der Waals surface area contributed by atoms with Crippen molar-refractivity contribution in [1.29, 1.82) is 0 Å². The number of aryl methyl sites for hydroxylation is 2. The third-order valence-electron chi connectivity index (χ3n) is 6.54. The summed E-state index contributed by atoms with van der Waals surface area (Å²) >= 11 is 1.49. The van der Waals surface area contributed by atoms with E-state index in [2.05, 4.69) is 39.2 Å². The second-order valence-corrected chi connectivity index (χ2v) is 10.00. The van der Waals surface area contributed by atoms with Crippen molar-refractivity contribution in [2.45, 2.75) is 52.0 Å². The molecule has 8 nitrogen and oxygen atoms in total. The van der Waals surface area contributed by atoms with E-state index in [-0.39, 0.29) is 23.7 Å². The lowest BCUT2D eigenvalue weighted by Gasteiger charge is -2.30. The van der Waals surface area contributed by atoms with Gasteiger partial charge in [0, 0.05) is 10.8 Å². The molecule has 9 heteroatoms. The highest BCUT2D eigenvalue weighted by atomic mass is 32.1. The molecule has 3 aromatic rings. The number of imidazole rings is 1. The number of anilines is 1. The van der Waals surface area contributed by atoms with Gasteiger partial charge in [0.25, 0.3) is 0 Å². The fraction of sp³-hybridized carbons (Fsp3) is 0.500. The number of nitrogens with one attached hydrogen (secondary N) is 2. The number of thiazole rings is 1. The molecule has 1 fully saturated rings. The number of hydrogen-bond acceptors (Lipinski definition) is 7. The summed E-state index contributed by atoms with van der Waals surface area (Å²) in [5.41, 5.74) is 4.06. The van der Waals surface area contributed by atoms with Crippen LogP contribution < -0.4 is 5.32 Å². The molecule has 2 N–H and O–H groups in total. The molecule has 1 atom stereocenters. The number of likely N-dealkylation sites (tertiary alicyclic amines) is 1. The lowest BCUT2D eigenvalue weighted by atomic mass is 9.96. The van der Waals surface area contributed by atoms with Crippen LogP contribution in [0.25, 0.3) is 11.0 Å². The average Bonchev–Trinajstić information content (AvgIpc) is 3.47. The fourth-order valence-corrected chi connectivity index (χ4v) is 5.82. The molecule has 3 heterocycles. The largest absolute Gasteiger partial charge is 0.465 e. The van der Waals surface area contributed by atoms with E-state index >= 15 is 0 Å². The van der Waals surface area contributed by atoms with Crippen LogP contribution in [0.2, 0.25) is 0 Å². The Morgan fingerprint density at radius 3 is 2.85 bits per heavy atom. The first-order valence-electron chi connectivity index (χ1n) is 11.6. The molecule has 1 amide bonds. The Balaban J connectivity index is 1.14. The molecule has 2 aliphatic rings. The van der Waals surface area contributed by atoms with E-state index in [1.165, 1.54) is 16.9 Å². The summed E-state index contributed by atoms with van der Waals surface area (Å²) in [4.78, 5) is 41.1. The number of carbonyl (C=O) groups is 2. The van der Waals surface area contributed by atoms with E-state index in [9.17, 15) is 9.59 Å². The van der Waals surface area contributed by atoms with Crippen molar-refractivity contribution < 1.29 is 14.3 Å². The van der Waals surface area contributed by atoms with Crippen LogP contribution in [0.15, 0.2) is 18.2 Å². The van der Waals surface area contributed by atoms with Gasteiger partial charge in [0.05, 0.1) is 29.9 Å². The number of ether oxygens (including phenoxy) is 1. The van der Waals surface area contributed by atoms with Gasteiger partial charge in [-0.15, -0.1) is 11.3 Å². The number of aromatic amines is 1. The van der Waals surface area contributed by atoms with Gasteiger partial charge in [0.2, 0.25) is 5.91 Å². The summed E-state index contributed by atoms with van der Waals surface area (Å²) < 4.78 is 5.17. The Hall–Kier alpha value is -2.78. The third kappa shape index (κ3) is 4.65. The standard InChI is InChI=1S/C24H29N5O3S/c1-3-32-23(31)16-5-7-19-21(16)27-24(33-19)28-22(30)15-8-10-29(11-9-15)13-20-25-17-6-4-14(2)12-18(17)26-20/h4,6,12,15-16H,3,5,7-11,13H2,1-2H3,(H,25,26)(H,27,28,30). The van der Waals surface area contributed by atoms with Gasteiger partial charge < -0.3 is 15.0 Å². The van der Waals surface area contributed by atoms with Crippen molar-refractivity contribution in [3.05, 3.63) is 40.2 Å². The monoisotopic (exact) mass is 467 g/mol. The Labute approximate surface area is 196 Å². The molecule has 0 bridgehead atoms. The van der Waals surface area contributed by atoms with Gasteiger partial charge in [-0.2, -0.15) is 0 Å². The van der Waals surface area contributed by atoms with Crippen LogP contribution in [-0.4, -0.2) is 51.4 Å². The number of H-pyrrole nitrogens is 1. The van der Waals surface area contributed by atoms with E-state index < -0.39 is 0 Å². The van der Waals surface area contributed by atoms with Gasteiger partial charge in [0.15, 0.2) is 5.13 Å².